The largest absolute Gasteiger partial charge is 0.564 e. The summed E-state index contributed by atoms with van der Waals surface area (Å²) in [5.74, 6) is -2.05. The Morgan fingerprint density at radius 2 is 1.03 bits per heavy atom. The van der Waals surface area contributed by atoms with Crippen molar-refractivity contribution in [3.63, 3.8) is 0 Å². The molecule has 0 amide bonds. The Morgan fingerprint density at radius 3 is 1.37 bits per heavy atom. The number of rotatable bonds is 17. The highest BCUT2D eigenvalue weighted by atomic mass is 28.4. The van der Waals surface area contributed by atoms with Crippen molar-refractivity contribution in [3.05, 3.63) is 0 Å². The second-order valence-corrected chi connectivity index (χ2v) is 12.4. The molecule has 0 aromatic rings. The molecule has 5 N–H and O–H groups in total. The molecule has 0 aliphatic heterocycles. The monoisotopic (exact) mass is 480 g/mol. The van der Waals surface area contributed by atoms with Crippen LogP contribution in [0.15, 0.2) is 0 Å². The SMILES string of the molecule is CCC(O)(CO[Si](OC)(OC)C(O)(O)CC)OOCO[Si](OC)(OC)C(O)(O)CC. The molecule has 30 heavy (non-hydrogen) atoms. The molecule has 0 saturated heterocycles. The summed E-state index contributed by atoms with van der Waals surface area (Å²) in [6.45, 7) is 3.25. The normalized spacial score (nSPS) is 16.0. The fourth-order valence-corrected chi connectivity index (χ4v) is 6.41. The van der Waals surface area contributed by atoms with E-state index in [-0.39, 0.29) is 19.3 Å². The molecule has 15 heteroatoms. The average Bonchev–Trinajstić information content (AvgIpc) is 2.74. The van der Waals surface area contributed by atoms with Gasteiger partial charge >= 0.3 is 17.6 Å². The molecule has 0 aromatic heterocycles. The first-order valence-corrected chi connectivity index (χ1v) is 12.7. The van der Waals surface area contributed by atoms with E-state index in [1.807, 2.05) is 0 Å². The van der Waals surface area contributed by atoms with Gasteiger partial charge in [0.05, 0.1) is 6.61 Å². The van der Waals surface area contributed by atoms with Crippen molar-refractivity contribution in [2.75, 3.05) is 41.8 Å². The van der Waals surface area contributed by atoms with Gasteiger partial charge in [-0.05, 0) is 0 Å². The second-order valence-electron chi connectivity index (χ2n) is 6.32. The van der Waals surface area contributed by atoms with Crippen molar-refractivity contribution in [1.29, 1.82) is 0 Å². The minimum atomic E-state index is -4.03. The van der Waals surface area contributed by atoms with Crippen molar-refractivity contribution in [3.8, 4) is 0 Å². The van der Waals surface area contributed by atoms with Crippen LogP contribution in [0.4, 0.5) is 0 Å². The highest BCUT2D eigenvalue weighted by Gasteiger charge is 2.60. The molecule has 0 spiro atoms. The first-order valence-electron chi connectivity index (χ1n) is 9.25. The first kappa shape index (κ1) is 29.9. The third-order valence-corrected chi connectivity index (χ3v) is 10.4. The van der Waals surface area contributed by atoms with Crippen LogP contribution in [-0.4, -0.2) is 102 Å². The lowest BCUT2D eigenvalue weighted by atomic mass is 10.2. The van der Waals surface area contributed by atoms with Crippen molar-refractivity contribution >= 4 is 17.6 Å². The topological polar surface area (TPSA) is 175 Å². The quantitative estimate of drug-likeness (QED) is 0.0549. The van der Waals surface area contributed by atoms with E-state index in [0.29, 0.717) is 0 Å². The number of aliphatic hydroxyl groups is 5. The molecular weight excluding hydrogens is 444 g/mol. The van der Waals surface area contributed by atoms with E-state index in [1.54, 1.807) is 6.92 Å². The maximum Gasteiger partial charge on any atom is 0.564 e. The molecule has 0 saturated carbocycles. The van der Waals surface area contributed by atoms with Gasteiger partial charge in [-0.3, -0.25) is 0 Å². The molecule has 0 heterocycles. The maximum absolute atomic E-state index is 10.5. The van der Waals surface area contributed by atoms with Gasteiger partial charge in [0.2, 0.25) is 16.6 Å². The molecule has 0 fully saturated rings. The fourth-order valence-electron chi connectivity index (χ4n) is 2.35. The van der Waals surface area contributed by atoms with Crippen LogP contribution in [0.1, 0.15) is 40.0 Å². The Labute approximate surface area is 178 Å². The molecule has 13 nitrogen and oxygen atoms in total. The standard InChI is InChI=1S/C15H36O13Si2/c1-8-13(16,11-26-29(21-4,22-5)14(17,18)9-2)28-25-12-27-30(23-6,24-7)15(19,20)10-3/h16-20H,8-12H2,1-7H3. The molecule has 0 radical (unpaired) electrons. The van der Waals surface area contributed by atoms with Gasteiger partial charge < -0.3 is 52.1 Å². The smallest absolute Gasteiger partial charge is 0.374 e. The zero-order chi connectivity index (χ0) is 23.7. The Kier molecular flexibility index (Phi) is 12.2. The summed E-state index contributed by atoms with van der Waals surface area (Å²) in [4.78, 5) is 9.78. The fraction of sp³-hybridized carbons (Fsp3) is 1.00. The molecular formula is C15H36O13Si2. The van der Waals surface area contributed by atoms with Crippen LogP contribution in [0.3, 0.4) is 0 Å². The lowest BCUT2D eigenvalue weighted by Crippen LogP contribution is -2.65. The molecule has 182 valence electrons. The molecule has 1 unspecified atom stereocenters. The van der Waals surface area contributed by atoms with Gasteiger partial charge in [-0.2, -0.15) is 4.89 Å². The van der Waals surface area contributed by atoms with Crippen LogP contribution in [-0.2, 0) is 36.3 Å². The van der Waals surface area contributed by atoms with Gasteiger partial charge in [-0.25, -0.2) is 4.89 Å². The van der Waals surface area contributed by atoms with Gasteiger partial charge in [-0.15, -0.1) is 0 Å². The second kappa shape index (κ2) is 12.2. The van der Waals surface area contributed by atoms with E-state index in [0.717, 1.165) is 0 Å². The summed E-state index contributed by atoms with van der Waals surface area (Å²) in [6, 6.07) is 0. The summed E-state index contributed by atoms with van der Waals surface area (Å²) in [5.41, 5.74) is -4.78. The molecule has 1 atom stereocenters. The Morgan fingerprint density at radius 1 is 0.633 bits per heavy atom. The van der Waals surface area contributed by atoms with Crippen LogP contribution in [0.5, 0.6) is 0 Å². The Hall–Kier alpha value is -0.0862. The number of hydrogen-bond donors (Lipinski definition) is 5. The van der Waals surface area contributed by atoms with Crippen molar-refractivity contribution in [2.45, 2.75) is 56.6 Å². The highest BCUT2D eigenvalue weighted by molar-refractivity contribution is 6.63. The van der Waals surface area contributed by atoms with E-state index in [4.69, 9.17) is 36.3 Å². The van der Waals surface area contributed by atoms with Crippen LogP contribution >= 0.6 is 0 Å². The van der Waals surface area contributed by atoms with Crippen molar-refractivity contribution < 1.29 is 61.9 Å². The van der Waals surface area contributed by atoms with Crippen LogP contribution in [0, 0.1) is 0 Å². The van der Waals surface area contributed by atoms with E-state index >= 15 is 0 Å². The maximum atomic E-state index is 10.5. The average molecular weight is 481 g/mol. The summed E-state index contributed by atoms with van der Waals surface area (Å²) < 4.78 is 31.0. The summed E-state index contributed by atoms with van der Waals surface area (Å²) in [6.07, 6.45) is -0.341. The zero-order valence-corrected chi connectivity index (χ0v) is 20.5. The van der Waals surface area contributed by atoms with Gasteiger partial charge in [0.25, 0.3) is 0 Å². The predicted octanol–water partition coefficient (Wildman–Crippen LogP) is -1.25. The van der Waals surface area contributed by atoms with Crippen LogP contribution < -0.4 is 0 Å². The van der Waals surface area contributed by atoms with E-state index in [2.05, 4.69) is 0 Å². The summed E-state index contributed by atoms with van der Waals surface area (Å²) in [5, 5.41) is 51.0. The zero-order valence-electron chi connectivity index (χ0n) is 18.5. The van der Waals surface area contributed by atoms with E-state index < -0.39 is 47.6 Å². The van der Waals surface area contributed by atoms with E-state index in [9.17, 15) is 25.5 Å². The number of hydrogen-bond acceptors (Lipinski definition) is 13. The van der Waals surface area contributed by atoms with Gasteiger partial charge in [0.15, 0.2) is 6.79 Å². The van der Waals surface area contributed by atoms with Crippen molar-refractivity contribution in [2.24, 2.45) is 0 Å². The Bertz CT molecular complexity index is 485. The summed E-state index contributed by atoms with van der Waals surface area (Å²) in [7, 11) is -3.26. The van der Waals surface area contributed by atoms with E-state index in [1.165, 1.54) is 42.3 Å². The minimum absolute atomic E-state index is 0.0447. The lowest BCUT2D eigenvalue weighted by molar-refractivity contribution is -0.443. The molecule has 0 aromatic carbocycles. The highest BCUT2D eigenvalue weighted by Crippen LogP contribution is 2.27. The first-order chi connectivity index (χ1) is 13.8. The third-order valence-electron chi connectivity index (χ3n) is 4.59. The minimum Gasteiger partial charge on any atom is -0.374 e. The van der Waals surface area contributed by atoms with Crippen molar-refractivity contribution in [1.82, 2.24) is 0 Å². The van der Waals surface area contributed by atoms with Gasteiger partial charge in [-0.1, -0.05) is 20.8 Å². The molecule has 0 aliphatic carbocycles. The van der Waals surface area contributed by atoms with Crippen LogP contribution in [0.25, 0.3) is 0 Å². The molecule has 0 aliphatic rings. The Balaban J connectivity index is 5.07. The predicted molar refractivity (Wildman–Crippen MR) is 104 cm³/mol. The summed E-state index contributed by atoms with van der Waals surface area (Å²) >= 11 is 0. The van der Waals surface area contributed by atoms with Gasteiger partial charge in [0.1, 0.15) is 0 Å². The van der Waals surface area contributed by atoms with Crippen LogP contribution in [0.2, 0.25) is 0 Å². The third kappa shape index (κ3) is 6.71. The van der Waals surface area contributed by atoms with Gasteiger partial charge in [0, 0.05) is 47.7 Å². The molecule has 0 rings (SSSR count). The lowest BCUT2D eigenvalue weighted by Gasteiger charge is -2.38. The molecule has 0 bridgehead atoms.